The molecule has 4 rings (SSSR count). The summed E-state index contributed by atoms with van der Waals surface area (Å²) in [6, 6.07) is 9.99. The molecule has 1 saturated heterocycles. The summed E-state index contributed by atoms with van der Waals surface area (Å²) in [4.78, 5) is 44.9. The maximum Gasteiger partial charge on any atom is 0.269 e. The Morgan fingerprint density at radius 1 is 1.09 bits per heavy atom. The Hall–Kier alpha value is -3.55. The van der Waals surface area contributed by atoms with Crippen LogP contribution in [0.3, 0.4) is 0 Å². The number of carbonyl (C=O) groups excluding carboxylic acids is 2. The van der Waals surface area contributed by atoms with Gasteiger partial charge in [-0.2, -0.15) is 0 Å². The van der Waals surface area contributed by atoms with Gasteiger partial charge in [0, 0.05) is 49.9 Å². The van der Waals surface area contributed by atoms with Gasteiger partial charge in [-0.25, -0.2) is 0 Å². The smallest absolute Gasteiger partial charge is 0.269 e. The standard InChI is InChI=1S/C25H28N4O4/c1-18-8-9-22(25(31)28-12-3-2-4-13-28)24(26-18)20-10-14-27(15-11-20)23(30)17-19-6-5-7-21(16-19)29(32)33/h2-3,5-9,16,20H,4,10-15,17H2,1H3. The molecular formula is C25H28N4O4. The molecule has 0 saturated carbocycles. The van der Waals surface area contributed by atoms with Crippen molar-refractivity contribution in [1.29, 1.82) is 0 Å². The van der Waals surface area contributed by atoms with Crippen molar-refractivity contribution in [2.24, 2.45) is 0 Å². The Balaban J connectivity index is 1.42. The van der Waals surface area contributed by atoms with Crippen LogP contribution in [0.25, 0.3) is 0 Å². The van der Waals surface area contributed by atoms with Gasteiger partial charge in [0.05, 0.1) is 22.6 Å². The number of likely N-dealkylation sites (tertiary alicyclic amines) is 1. The molecule has 2 aromatic rings. The van der Waals surface area contributed by atoms with E-state index in [9.17, 15) is 19.7 Å². The second kappa shape index (κ2) is 9.94. The number of nitrogens with zero attached hydrogens (tertiary/aromatic N) is 4. The van der Waals surface area contributed by atoms with Crippen molar-refractivity contribution in [3.8, 4) is 0 Å². The Morgan fingerprint density at radius 2 is 1.88 bits per heavy atom. The summed E-state index contributed by atoms with van der Waals surface area (Å²) in [7, 11) is 0. The van der Waals surface area contributed by atoms with E-state index < -0.39 is 4.92 Å². The molecule has 8 nitrogen and oxygen atoms in total. The van der Waals surface area contributed by atoms with Crippen LogP contribution in [0.2, 0.25) is 0 Å². The van der Waals surface area contributed by atoms with Crippen LogP contribution in [0.1, 0.15) is 52.5 Å². The summed E-state index contributed by atoms with van der Waals surface area (Å²) < 4.78 is 0. The molecule has 2 aliphatic rings. The van der Waals surface area contributed by atoms with Crippen LogP contribution in [-0.4, -0.2) is 57.7 Å². The number of aromatic nitrogens is 1. The first-order chi connectivity index (χ1) is 15.9. The molecule has 3 heterocycles. The number of pyridine rings is 1. The fourth-order valence-corrected chi connectivity index (χ4v) is 4.53. The lowest BCUT2D eigenvalue weighted by molar-refractivity contribution is -0.384. The molecule has 0 N–H and O–H groups in total. The van der Waals surface area contributed by atoms with E-state index in [2.05, 4.69) is 6.08 Å². The SMILES string of the molecule is Cc1ccc(C(=O)N2CC=CCC2)c(C2CCN(C(=O)Cc3cccc([N+](=O)[O-])c3)CC2)n1. The van der Waals surface area contributed by atoms with E-state index in [1.807, 2.05) is 34.9 Å². The van der Waals surface area contributed by atoms with Crippen LogP contribution in [0.5, 0.6) is 0 Å². The van der Waals surface area contributed by atoms with Gasteiger partial charge in [0.1, 0.15) is 0 Å². The number of aryl methyl sites for hydroxylation is 1. The first-order valence-electron chi connectivity index (χ1n) is 11.4. The second-order valence-corrected chi connectivity index (χ2v) is 8.66. The third-order valence-corrected chi connectivity index (χ3v) is 6.35. The highest BCUT2D eigenvalue weighted by Crippen LogP contribution is 2.30. The molecular weight excluding hydrogens is 420 g/mol. The number of nitro groups is 1. The number of nitro benzene ring substituents is 1. The third kappa shape index (κ3) is 5.27. The fourth-order valence-electron chi connectivity index (χ4n) is 4.53. The number of piperidine rings is 1. The number of amides is 2. The van der Waals surface area contributed by atoms with Crippen LogP contribution < -0.4 is 0 Å². The number of non-ortho nitro benzene ring substituents is 1. The van der Waals surface area contributed by atoms with Gasteiger partial charge in [0.2, 0.25) is 5.91 Å². The topological polar surface area (TPSA) is 96.7 Å². The molecule has 1 fully saturated rings. The van der Waals surface area contributed by atoms with Crippen molar-refractivity contribution in [3.05, 3.63) is 81.2 Å². The van der Waals surface area contributed by atoms with E-state index in [4.69, 9.17) is 4.98 Å². The second-order valence-electron chi connectivity index (χ2n) is 8.66. The van der Waals surface area contributed by atoms with Gasteiger partial charge in [0.25, 0.3) is 11.6 Å². The van der Waals surface area contributed by atoms with E-state index in [0.717, 1.165) is 30.7 Å². The number of benzene rings is 1. The summed E-state index contributed by atoms with van der Waals surface area (Å²) in [5.41, 5.74) is 3.01. The minimum Gasteiger partial charge on any atom is -0.342 e. The monoisotopic (exact) mass is 448 g/mol. The molecule has 0 atom stereocenters. The average Bonchev–Trinajstić information content (AvgIpc) is 2.84. The van der Waals surface area contributed by atoms with E-state index in [-0.39, 0.29) is 29.8 Å². The first-order valence-corrected chi connectivity index (χ1v) is 11.4. The molecule has 0 unspecified atom stereocenters. The third-order valence-electron chi connectivity index (χ3n) is 6.35. The number of rotatable bonds is 5. The van der Waals surface area contributed by atoms with Crippen LogP contribution >= 0.6 is 0 Å². The van der Waals surface area contributed by atoms with Gasteiger partial charge in [0.15, 0.2) is 0 Å². The molecule has 2 aliphatic heterocycles. The van der Waals surface area contributed by atoms with Crippen LogP contribution in [0, 0.1) is 17.0 Å². The maximum absolute atomic E-state index is 13.2. The summed E-state index contributed by atoms with van der Waals surface area (Å²) >= 11 is 0. The van der Waals surface area contributed by atoms with Gasteiger partial charge in [-0.15, -0.1) is 0 Å². The molecule has 0 bridgehead atoms. The van der Waals surface area contributed by atoms with Crippen molar-refractivity contribution in [1.82, 2.24) is 14.8 Å². The number of hydrogen-bond acceptors (Lipinski definition) is 5. The van der Waals surface area contributed by atoms with Crippen LogP contribution in [-0.2, 0) is 11.2 Å². The summed E-state index contributed by atoms with van der Waals surface area (Å²) in [5, 5.41) is 11.0. The highest BCUT2D eigenvalue weighted by atomic mass is 16.6. The zero-order valence-corrected chi connectivity index (χ0v) is 18.8. The van der Waals surface area contributed by atoms with Gasteiger partial charge in [-0.1, -0.05) is 24.3 Å². The lowest BCUT2D eigenvalue weighted by Gasteiger charge is -2.33. The lowest BCUT2D eigenvalue weighted by atomic mass is 9.89. The molecule has 172 valence electrons. The molecule has 2 amide bonds. The van der Waals surface area contributed by atoms with Gasteiger partial charge >= 0.3 is 0 Å². The summed E-state index contributed by atoms with van der Waals surface area (Å²) in [6.45, 7) is 4.42. The molecule has 1 aromatic carbocycles. The van der Waals surface area contributed by atoms with Gasteiger partial charge < -0.3 is 9.80 Å². The minimum atomic E-state index is -0.451. The quantitative estimate of drug-likeness (QED) is 0.395. The number of carbonyl (C=O) groups is 2. The minimum absolute atomic E-state index is 0.00840. The molecule has 0 radical (unpaired) electrons. The zero-order valence-electron chi connectivity index (χ0n) is 18.8. The van der Waals surface area contributed by atoms with E-state index in [1.165, 1.54) is 12.1 Å². The Kier molecular flexibility index (Phi) is 6.82. The lowest BCUT2D eigenvalue weighted by Crippen LogP contribution is -2.40. The van der Waals surface area contributed by atoms with Crippen LogP contribution in [0.4, 0.5) is 5.69 Å². The van der Waals surface area contributed by atoms with Gasteiger partial charge in [-0.05, 0) is 43.9 Å². The first kappa shape index (κ1) is 22.6. The predicted octanol–water partition coefficient (Wildman–Crippen LogP) is 3.65. The highest BCUT2D eigenvalue weighted by molar-refractivity contribution is 5.95. The Bertz CT molecular complexity index is 1090. The average molecular weight is 449 g/mol. The zero-order chi connectivity index (χ0) is 23.4. The summed E-state index contributed by atoms with van der Waals surface area (Å²) in [5.74, 6) is 0.0969. The molecule has 1 aromatic heterocycles. The van der Waals surface area contributed by atoms with Crippen molar-refractivity contribution in [3.63, 3.8) is 0 Å². The fraction of sp³-hybridized carbons (Fsp3) is 0.400. The molecule has 8 heteroatoms. The van der Waals surface area contributed by atoms with Crippen molar-refractivity contribution in [2.75, 3.05) is 26.2 Å². The molecule has 0 spiro atoms. The van der Waals surface area contributed by atoms with Crippen molar-refractivity contribution in [2.45, 2.75) is 38.5 Å². The van der Waals surface area contributed by atoms with E-state index in [1.54, 1.807) is 12.1 Å². The maximum atomic E-state index is 13.2. The van der Waals surface area contributed by atoms with Gasteiger partial charge in [-0.3, -0.25) is 24.7 Å². The largest absolute Gasteiger partial charge is 0.342 e. The summed E-state index contributed by atoms with van der Waals surface area (Å²) in [6.07, 6.45) is 6.59. The molecule has 33 heavy (non-hydrogen) atoms. The highest BCUT2D eigenvalue weighted by Gasteiger charge is 2.29. The molecule has 0 aliphatic carbocycles. The van der Waals surface area contributed by atoms with Crippen molar-refractivity contribution >= 4 is 17.5 Å². The number of hydrogen-bond donors (Lipinski definition) is 0. The van der Waals surface area contributed by atoms with Crippen molar-refractivity contribution < 1.29 is 14.5 Å². The van der Waals surface area contributed by atoms with E-state index in [0.29, 0.717) is 37.3 Å². The Morgan fingerprint density at radius 3 is 2.58 bits per heavy atom. The van der Waals surface area contributed by atoms with Crippen LogP contribution in [0.15, 0.2) is 48.6 Å². The Labute approximate surface area is 193 Å². The normalized spacial score (nSPS) is 16.6. The predicted molar refractivity (Wildman–Crippen MR) is 124 cm³/mol. The van der Waals surface area contributed by atoms with E-state index >= 15 is 0 Å².